The zero-order chi connectivity index (χ0) is 21.3. The maximum Gasteiger partial charge on any atom is 0.233 e. The Morgan fingerprint density at radius 2 is 1.93 bits per heavy atom. The summed E-state index contributed by atoms with van der Waals surface area (Å²) in [5.74, 6) is 1.86. The number of nitrogens with zero attached hydrogens (tertiary/aromatic N) is 5. The maximum absolute atomic E-state index is 12.6. The summed E-state index contributed by atoms with van der Waals surface area (Å²) in [5, 5.41) is 9.26. The number of benzene rings is 1. The summed E-state index contributed by atoms with van der Waals surface area (Å²) >= 11 is 1.37. The van der Waals surface area contributed by atoms with E-state index in [1.54, 1.807) is 30.4 Å². The van der Waals surface area contributed by atoms with Crippen LogP contribution in [0.1, 0.15) is 12.5 Å². The van der Waals surface area contributed by atoms with Crippen LogP contribution in [0.25, 0.3) is 11.4 Å². The number of allylic oxidation sites excluding steroid dienone is 1. The highest BCUT2D eigenvalue weighted by molar-refractivity contribution is 7.99. The van der Waals surface area contributed by atoms with Crippen LogP contribution in [0.4, 0.5) is 0 Å². The van der Waals surface area contributed by atoms with Crippen molar-refractivity contribution in [3.8, 4) is 17.1 Å². The molecule has 2 aromatic heterocycles. The molecule has 0 saturated heterocycles. The monoisotopic (exact) mass is 423 g/mol. The summed E-state index contributed by atoms with van der Waals surface area (Å²) in [7, 11) is 1.80. The minimum absolute atomic E-state index is 0.0208. The number of hydrogen-bond donors (Lipinski definition) is 0. The van der Waals surface area contributed by atoms with Gasteiger partial charge in [-0.25, -0.2) is 0 Å². The van der Waals surface area contributed by atoms with Crippen LogP contribution >= 0.6 is 11.8 Å². The normalized spacial score (nSPS) is 10.6. The molecule has 1 amide bonds. The minimum Gasteiger partial charge on any atom is -0.494 e. The van der Waals surface area contributed by atoms with E-state index in [9.17, 15) is 4.79 Å². The molecule has 0 aliphatic heterocycles. The van der Waals surface area contributed by atoms with Gasteiger partial charge in [0.25, 0.3) is 0 Å². The largest absolute Gasteiger partial charge is 0.494 e. The lowest BCUT2D eigenvalue weighted by Gasteiger charge is -2.17. The first-order valence-electron chi connectivity index (χ1n) is 9.65. The van der Waals surface area contributed by atoms with Crippen LogP contribution in [-0.4, -0.2) is 50.0 Å². The Morgan fingerprint density at radius 3 is 2.60 bits per heavy atom. The Hall–Kier alpha value is -3.13. The van der Waals surface area contributed by atoms with Gasteiger partial charge in [0.2, 0.25) is 5.91 Å². The van der Waals surface area contributed by atoms with Crippen LogP contribution in [0.15, 0.2) is 66.6 Å². The molecular weight excluding hydrogens is 398 g/mol. The molecule has 3 rings (SSSR count). The third-order valence-electron chi connectivity index (χ3n) is 4.37. The van der Waals surface area contributed by atoms with E-state index in [2.05, 4.69) is 21.8 Å². The number of rotatable bonds is 10. The summed E-state index contributed by atoms with van der Waals surface area (Å²) in [5.41, 5.74) is 1.97. The topological polar surface area (TPSA) is 73.1 Å². The van der Waals surface area contributed by atoms with Crippen LogP contribution in [-0.2, 0) is 17.9 Å². The van der Waals surface area contributed by atoms with Crippen LogP contribution in [0, 0.1) is 0 Å². The predicted molar refractivity (Wildman–Crippen MR) is 118 cm³/mol. The van der Waals surface area contributed by atoms with Gasteiger partial charge in [-0.05, 0) is 36.8 Å². The van der Waals surface area contributed by atoms with E-state index in [4.69, 9.17) is 4.74 Å². The molecule has 30 heavy (non-hydrogen) atoms. The molecule has 0 N–H and O–H groups in total. The molecule has 156 valence electrons. The SMILES string of the molecule is C=CCn1c(SCC(=O)N(C)Cc2ccc(OCC)cc2)nnc1-c1ccncc1. The highest BCUT2D eigenvalue weighted by Gasteiger charge is 2.16. The van der Waals surface area contributed by atoms with Crippen molar-refractivity contribution in [3.05, 3.63) is 67.0 Å². The van der Waals surface area contributed by atoms with Crippen molar-refractivity contribution in [2.24, 2.45) is 0 Å². The second-order valence-corrected chi connectivity index (χ2v) is 7.50. The summed E-state index contributed by atoms with van der Waals surface area (Å²) in [6, 6.07) is 11.6. The predicted octanol–water partition coefficient (Wildman–Crippen LogP) is 3.68. The Kier molecular flexibility index (Phi) is 7.62. The van der Waals surface area contributed by atoms with Gasteiger partial charge in [-0.1, -0.05) is 30.0 Å². The quantitative estimate of drug-likeness (QED) is 0.366. The lowest BCUT2D eigenvalue weighted by Crippen LogP contribution is -2.27. The zero-order valence-electron chi connectivity index (χ0n) is 17.2. The smallest absolute Gasteiger partial charge is 0.233 e. The lowest BCUT2D eigenvalue weighted by molar-refractivity contribution is -0.127. The van der Waals surface area contributed by atoms with Gasteiger partial charge in [-0.2, -0.15) is 0 Å². The fourth-order valence-corrected chi connectivity index (χ4v) is 3.75. The number of hydrogen-bond acceptors (Lipinski definition) is 6. The second-order valence-electron chi connectivity index (χ2n) is 6.56. The van der Waals surface area contributed by atoms with Crippen molar-refractivity contribution in [2.45, 2.75) is 25.2 Å². The Bertz CT molecular complexity index is 973. The number of pyridine rings is 1. The van der Waals surface area contributed by atoms with Crippen LogP contribution in [0.2, 0.25) is 0 Å². The average Bonchev–Trinajstić information content (AvgIpc) is 3.17. The first-order chi connectivity index (χ1) is 14.6. The van der Waals surface area contributed by atoms with Crippen LogP contribution in [0.3, 0.4) is 0 Å². The fourth-order valence-electron chi connectivity index (χ4n) is 2.86. The van der Waals surface area contributed by atoms with Gasteiger partial charge in [0.05, 0.1) is 12.4 Å². The molecular formula is C22H25N5O2S. The van der Waals surface area contributed by atoms with Gasteiger partial charge in [0, 0.05) is 38.1 Å². The first-order valence-corrected chi connectivity index (χ1v) is 10.6. The van der Waals surface area contributed by atoms with E-state index in [1.807, 2.05) is 47.9 Å². The third-order valence-corrected chi connectivity index (χ3v) is 5.32. The number of carbonyl (C=O) groups excluding carboxylic acids is 1. The highest BCUT2D eigenvalue weighted by Crippen LogP contribution is 2.24. The standard InChI is InChI=1S/C22H25N5O2S/c1-4-14-27-21(18-10-12-23-13-11-18)24-25-22(27)30-16-20(28)26(3)15-17-6-8-19(9-7-17)29-5-2/h4,6-13H,1,5,14-16H2,2-3H3. The number of amides is 1. The second kappa shape index (κ2) is 10.6. The summed E-state index contributed by atoms with van der Waals surface area (Å²) in [6.45, 7) is 7.50. The lowest BCUT2D eigenvalue weighted by atomic mass is 10.2. The number of ether oxygens (including phenoxy) is 1. The molecule has 0 aliphatic carbocycles. The van der Waals surface area contributed by atoms with Crippen molar-refractivity contribution >= 4 is 17.7 Å². The van der Waals surface area contributed by atoms with Crippen LogP contribution < -0.4 is 4.74 Å². The van der Waals surface area contributed by atoms with E-state index in [1.165, 1.54) is 11.8 Å². The maximum atomic E-state index is 12.6. The highest BCUT2D eigenvalue weighted by atomic mass is 32.2. The van der Waals surface area contributed by atoms with Gasteiger partial charge >= 0.3 is 0 Å². The third kappa shape index (κ3) is 5.48. The Morgan fingerprint density at radius 1 is 1.20 bits per heavy atom. The molecule has 8 heteroatoms. The van der Waals surface area contributed by atoms with Gasteiger partial charge in [-0.15, -0.1) is 16.8 Å². The molecule has 0 atom stereocenters. The molecule has 0 aliphatic rings. The van der Waals surface area contributed by atoms with E-state index in [-0.39, 0.29) is 11.7 Å². The number of aromatic nitrogens is 4. The van der Waals surface area contributed by atoms with Crippen molar-refractivity contribution in [2.75, 3.05) is 19.4 Å². The van der Waals surface area contributed by atoms with Gasteiger partial charge in [0.15, 0.2) is 11.0 Å². The van der Waals surface area contributed by atoms with Gasteiger partial charge in [0.1, 0.15) is 5.75 Å². The molecule has 1 aromatic carbocycles. The van der Waals surface area contributed by atoms with Gasteiger partial charge in [-0.3, -0.25) is 14.3 Å². The van der Waals surface area contributed by atoms with Crippen molar-refractivity contribution in [1.29, 1.82) is 0 Å². The number of thioether (sulfide) groups is 1. The van der Waals surface area contributed by atoms with Crippen LogP contribution in [0.5, 0.6) is 5.75 Å². The molecule has 0 unspecified atom stereocenters. The molecule has 0 saturated carbocycles. The van der Waals surface area contributed by atoms with Crippen molar-refractivity contribution < 1.29 is 9.53 Å². The van der Waals surface area contributed by atoms with E-state index in [0.717, 1.165) is 22.7 Å². The van der Waals surface area contributed by atoms with E-state index < -0.39 is 0 Å². The first kappa shape index (κ1) is 21.6. The van der Waals surface area contributed by atoms with E-state index >= 15 is 0 Å². The van der Waals surface area contributed by atoms with E-state index in [0.29, 0.717) is 24.9 Å². The summed E-state index contributed by atoms with van der Waals surface area (Å²) in [4.78, 5) is 18.4. The molecule has 0 bridgehead atoms. The minimum atomic E-state index is 0.0208. The average molecular weight is 424 g/mol. The van der Waals surface area contributed by atoms with Crippen molar-refractivity contribution in [1.82, 2.24) is 24.6 Å². The molecule has 0 radical (unpaired) electrons. The molecule has 2 heterocycles. The fraction of sp³-hybridized carbons (Fsp3) is 0.273. The molecule has 7 nitrogen and oxygen atoms in total. The summed E-state index contributed by atoms with van der Waals surface area (Å²) < 4.78 is 7.41. The Balaban J connectivity index is 1.62. The molecule has 3 aromatic rings. The van der Waals surface area contributed by atoms with Gasteiger partial charge < -0.3 is 9.64 Å². The Labute approximate surface area is 180 Å². The molecule has 0 fully saturated rings. The number of carbonyl (C=O) groups is 1. The van der Waals surface area contributed by atoms with Crippen molar-refractivity contribution in [3.63, 3.8) is 0 Å². The zero-order valence-corrected chi connectivity index (χ0v) is 18.0. The molecule has 0 spiro atoms. The summed E-state index contributed by atoms with van der Waals surface area (Å²) in [6.07, 6.45) is 5.22.